The van der Waals surface area contributed by atoms with Crippen LogP contribution in [-0.4, -0.2) is 36.7 Å². The summed E-state index contributed by atoms with van der Waals surface area (Å²) in [6.45, 7) is 5.60. The van der Waals surface area contributed by atoms with E-state index >= 15 is 0 Å². The molecule has 0 aliphatic rings. The molecule has 0 aliphatic carbocycles. The summed E-state index contributed by atoms with van der Waals surface area (Å²) < 4.78 is 10.6. The van der Waals surface area contributed by atoms with Crippen molar-refractivity contribution in [3.63, 3.8) is 0 Å². The Kier molecular flexibility index (Phi) is 25.0. The molecule has 0 fully saturated rings. The maximum Gasteiger partial charge on any atom is 0.305 e. The molecule has 0 saturated carbocycles. The maximum absolute atomic E-state index is 11.7. The van der Waals surface area contributed by atoms with Crippen LogP contribution in [-0.2, 0) is 19.1 Å². The standard InChI is InChI=1S/C26H50O4S/c1-3-5-7-9-11-13-15-21-29-25(27)19-17-23-31-24-18-20-26(28)30-22-16-14-12-10-8-6-4-2/h3-24H2,1-2H3. The molecule has 0 spiro atoms. The van der Waals surface area contributed by atoms with Gasteiger partial charge in [-0.15, -0.1) is 0 Å². The van der Waals surface area contributed by atoms with E-state index in [0.717, 1.165) is 50.0 Å². The van der Waals surface area contributed by atoms with Gasteiger partial charge in [0, 0.05) is 12.8 Å². The molecule has 31 heavy (non-hydrogen) atoms. The van der Waals surface area contributed by atoms with Crippen LogP contribution in [0.1, 0.15) is 129 Å². The Morgan fingerprint density at radius 2 is 0.871 bits per heavy atom. The predicted molar refractivity (Wildman–Crippen MR) is 134 cm³/mol. The van der Waals surface area contributed by atoms with Gasteiger partial charge in [-0.05, 0) is 37.2 Å². The summed E-state index contributed by atoms with van der Waals surface area (Å²) in [4.78, 5) is 23.4. The fraction of sp³-hybridized carbons (Fsp3) is 0.923. The first-order valence-corrected chi connectivity index (χ1v) is 14.2. The van der Waals surface area contributed by atoms with Gasteiger partial charge in [0.1, 0.15) is 0 Å². The van der Waals surface area contributed by atoms with Crippen LogP contribution in [0, 0.1) is 0 Å². The number of hydrogen-bond acceptors (Lipinski definition) is 5. The average molecular weight is 459 g/mol. The van der Waals surface area contributed by atoms with E-state index in [1.165, 1.54) is 64.2 Å². The van der Waals surface area contributed by atoms with Crippen molar-refractivity contribution in [1.82, 2.24) is 0 Å². The van der Waals surface area contributed by atoms with Gasteiger partial charge in [0.15, 0.2) is 0 Å². The van der Waals surface area contributed by atoms with Crippen LogP contribution in [0.4, 0.5) is 0 Å². The van der Waals surface area contributed by atoms with Crippen molar-refractivity contribution in [2.24, 2.45) is 0 Å². The molecule has 184 valence electrons. The maximum atomic E-state index is 11.7. The zero-order valence-electron chi connectivity index (χ0n) is 20.6. The van der Waals surface area contributed by atoms with E-state index in [0.29, 0.717) is 26.1 Å². The fourth-order valence-corrected chi connectivity index (χ4v) is 4.27. The number of esters is 2. The fourth-order valence-electron chi connectivity index (χ4n) is 3.37. The molecule has 0 aliphatic heterocycles. The molecule has 0 aromatic heterocycles. The minimum absolute atomic E-state index is 0.0690. The molecule has 4 nitrogen and oxygen atoms in total. The second-order valence-electron chi connectivity index (χ2n) is 8.50. The molecule has 0 unspecified atom stereocenters. The molecular weight excluding hydrogens is 408 g/mol. The molecule has 0 saturated heterocycles. The second-order valence-corrected chi connectivity index (χ2v) is 9.73. The quantitative estimate of drug-likeness (QED) is 0.109. The van der Waals surface area contributed by atoms with Gasteiger partial charge in [-0.2, -0.15) is 11.8 Å². The van der Waals surface area contributed by atoms with Crippen LogP contribution in [0.2, 0.25) is 0 Å². The van der Waals surface area contributed by atoms with Crippen molar-refractivity contribution in [2.45, 2.75) is 129 Å². The Morgan fingerprint density at radius 1 is 0.516 bits per heavy atom. The smallest absolute Gasteiger partial charge is 0.305 e. The number of ether oxygens (including phenoxy) is 2. The lowest BCUT2D eigenvalue weighted by Gasteiger charge is -2.06. The van der Waals surface area contributed by atoms with Crippen molar-refractivity contribution in [3.05, 3.63) is 0 Å². The van der Waals surface area contributed by atoms with Crippen molar-refractivity contribution in [1.29, 1.82) is 0 Å². The number of thioether (sulfide) groups is 1. The molecule has 0 aromatic rings. The number of hydrogen-bond donors (Lipinski definition) is 0. The first-order valence-electron chi connectivity index (χ1n) is 13.1. The molecule has 0 bridgehead atoms. The van der Waals surface area contributed by atoms with Gasteiger partial charge in [0.05, 0.1) is 13.2 Å². The van der Waals surface area contributed by atoms with Gasteiger partial charge in [-0.25, -0.2) is 0 Å². The second kappa shape index (κ2) is 25.5. The summed E-state index contributed by atoms with van der Waals surface area (Å²) >= 11 is 1.80. The number of carbonyl (C=O) groups excluding carboxylic acids is 2. The zero-order chi connectivity index (χ0) is 22.8. The predicted octanol–water partition coefficient (Wildman–Crippen LogP) is 7.87. The first-order chi connectivity index (χ1) is 15.2. The highest BCUT2D eigenvalue weighted by atomic mass is 32.2. The van der Waals surface area contributed by atoms with E-state index in [9.17, 15) is 9.59 Å². The van der Waals surface area contributed by atoms with Crippen LogP contribution < -0.4 is 0 Å². The minimum atomic E-state index is -0.0690. The lowest BCUT2D eigenvalue weighted by atomic mass is 10.1. The van der Waals surface area contributed by atoms with Gasteiger partial charge < -0.3 is 9.47 Å². The van der Waals surface area contributed by atoms with Gasteiger partial charge >= 0.3 is 11.9 Å². The van der Waals surface area contributed by atoms with Gasteiger partial charge in [-0.3, -0.25) is 9.59 Å². The molecule has 0 amide bonds. The monoisotopic (exact) mass is 458 g/mol. The Labute approximate surface area is 197 Å². The first kappa shape index (κ1) is 30.3. The third kappa shape index (κ3) is 25.4. The van der Waals surface area contributed by atoms with E-state index in [1.807, 2.05) is 0 Å². The lowest BCUT2D eigenvalue weighted by Crippen LogP contribution is -2.07. The van der Waals surface area contributed by atoms with Crippen LogP contribution in [0.5, 0.6) is 0 Å². The Bertz CT molecular complexity index is 365. The van der Waals surface area contributed by atoms with E-state index in [2.05, 4.69) is 13.8 Å². The van der Waals surface area contributed by atoms with Gasteiger partial charge in [0.25, 0.3) is 0 Å². The summed E-state index contributed by atoms with van der Waals surface area (Å²) in [6, 6.07) is 0. The highest BCUT2D eigenvalue weighted by Gasteiger charge is 2.04. The lowest BCUT2D eigenvalue weighted by molar-refractivity contribution is -0.144. The summed E-state index contributed by atoms with van der Waals surface area (Å²) in [5.41, 5.74) is 0. The summed E-state index contributed by atoms with van der Waals surface area (Å²) in [6.07, 6.45) is 20.0. The molecule has 0 rings (SSSR count). The Morgan fingerprint density at radius 3 is 1.26 bits per heavy atom. The van der Waals surface area contributed by atoms with Crippen molar-refractivity contribution in [3.8, 4) is 0 Å². The summed E-state index contributed by atoms with van der Waals surface area (Å²) in [5.74, 6) is 1.75. The van der Waals surface area contributed by atoms with Crippen molar-refractivity contribution >= 4 is 23.7 Å². The summed E-state index contributed by atoms with van der Waals surface area (Å²) in [7, 11) is 0. The normalized spacial score (nSPS) is 10.9. The third-order valence-electron chi connectivity index (χ3n) is 5.36. The van der Waals surface area contributed by atoms with Crippen LogP contribution >= 0.6 is 11.8 Å². The molecule has 0 radical (unpaired) electrons. The van der Waals surface area contributed by atoms with Crippen molar-refractivity contribution in [2.75, 3.05) is 24.7 Å². The zero-order valence-corrected chi connectivity index (χ0v) is 21.4. The largest absolute Gasteiger partial charge is 0.466 e. The molecule has 0 N–H and O–H groups in total. The number of carbonyl (C=O) groups is 2. The van der Waals surface area contributed by atoms with E-state index in [-0.39, 0.29) is 11.9 Å². The molecular formula is C26H50O4S. The SMILES string of the molecule is CCCCCCCCCOC(=O)CCCSCCCC(=O)OCCCCCCCCC. The van der Waals surface area contributed by atoms with Crippen molar-refractivity contribution < 1.29 is 19.1 Å². The molecule has 5 heteroatoms. The van der Waals surface area contributed by atoms with Gasteiger partial charge in [-0.1, -0.05) is 90.9 Å². The number of unbranched alkanes of at least 4 members (excludes halogenated alkanes) is 12. The van der Waals surface area contributed by atoms with E-state index in [1.54, 1.807) is 11.8 Å². The number of rotatable bonds is 24. The Balaban J connectivity index is 3.26. The average Bonchev–Trinajstić information content (AvgIpc) is 2.76. The van der Waals surface area contributed by atoms with E-state index < -0.39 is 0 Å². The third-order valence-corrected chi connectivity index (χ3v) is 6.52. The Hall–Kier alpha value is -0.710. The molecule has 0 heterocycles. The van der Waals surface area contributed by atoms with Crippen LogP contribution in [0.3, 0.4) is 0 Å². The van der Waals surface area contributed by atoms with E-state index in [4.69, 9.17) is 9.47 Å². The highest BCUT2D eigenvalue weighted by molar-refractivity contribution is 7.99. The minimum Gasteiger partial charge on any atom is -0.466 e. The molecule has 0 atom stereocenters. The summed E-state index contributed by atoms with van der Waals surface area (Å²) in [5, 5.41) is 0. The topological polar surface area (TPSA) is 52.6 Å². The van der Waals surface area contributed by atoms with Crippen LogP contribution in [0.25, 0.3) is 0 Å². The highest BCUT2D eigenvalue weighted by Crippen LogP contribution is 2.11. The van der Waals surface area contributed by atoms with Crippen LogP contribution in [0.15, 0.2) is 0 Å². The molecule has 0 aromatic carbocycles. The van der Waals surface area contributed by atoms with Gasteiger partial charge in [0.2, 0.25) is 0 Å².